The quantitative estimate of drug-likeness (QED) is 0.792. The van der Waals surface area contributed by atoms with Crippen LogP contribution < -0.4 is 0 Å². The van der Waals surface area contributed by atoms with Gasteiger partial charge in [0.1, 0.15) is 0 Å². The van der Waals surface area contributed by atoms with Crippen molar-refractivity contribution in [3.8, 4) is 0 Å². The van der Waals surface area contributed by atoms with E-state index in [0.717, 1.165) is 26.2 Å². The van der Waals surface area contributed by atoms with E-state index in [9.17, 15) is 13.5 Å². The third-order valence-electron chi connectivity index (χ3n) is 4.69. The molecule has 6 nitrogen and oxygen atoms in total. The molecule has 2 heterocycles. The molecule has 1 aromatic rings. The van der Waals surface area contributed by atoms with Gasteiger partial charge in [-0.15, -0.1) is 0 Å². The number of likely N-dealkylation sites (N-methyl/N-ethyl adjacent to an activating group) is 1. The van der Waals surface area contributed by atoms with Gasteiger partial charge in [-0.1, -0.05) is 12.1 Å². The molecule has 0 saturated carbocycles. The Labute approximate surface area is 145 Å². The van der Waals surface area contributed by atoms with Crippen molar-refractivity contribution < 1.29 is 13.5 Å². The summed E-state index contributed by atoms with van der Waals surface area (Å²) in [6, 6.07) is 6.68. The summed E-state index contributed by atoms with van der Waals surface area (Å²) in [7, 11) is -1.52. The molecule has 2 fully saturated rings. The summed E-state index contributed by atoms with van der Waals surface area (Å²) in [4.78, 5) is 4.71. The van der Waals surface area contributed by atoms with E-state index >= 15 is 0 Å². The summed E-state index contributed by atoms with van der Waals surface area (Å²) >= 11 is 3.31. The molecule has 2 saturated heterocycles. The van der Waals surface area contributed by atoms with Crippen molar-refractivity contribution in [3.05, 3.63) is 28.7 Å². The normalized spacial score (nSPS) is 28.3. The summed E-state index contributed by atoms with van der Waals surface area (Å²) in [6.45, 7) is 4.11. The Kier molecular flexibility index (Phi) is 5.10. The van der Waals surface area contributed by atoms with Gasteiger partial charge in [0.05, 0.1) is 17.0 Å². The Morgan fingerprint density at radius 2 is 1.78 bits per heavy atom. The Bertz CT molecular complexity index is 662. The van der Waals surface area contributed by atoms with Crippen molar-refractivity contribution in [1.29, 1.82) is 0 Å². The van der Waals surface area contributed by atoms with Gasteiger partial charge in [-0.25, -0.2) is 8.42 Å². The molecule has 0 bridgehead atoms. The molecule has 0 spiro atoms. The Balaban J connectivity index is 1.77. The predicted octanol–water partition coefficient (Wildman–Crippen LogP) is 0.430. The molecule has 2 aliphatic heterocycles. The van der Waals surface area contributed by atoms with Gasteiger partial charge in [0.15, 0.2) is 0 Å². The van der Waals surface area contributed by atoms with Crippen LogP contribution in [-0.2, 0) is 10.0 Å². The van der Waals surface area contributed by atoms with E-state index in [4.69, 9.17) is 0 Å². The van der Waals surface area contributed by atoms with E-state index in [2.05, 4.69) is 32.8 Å². The first-order valence-electron chi connectivity index (χ1n) is 7.75. The molecule has 0 radical (unpaired) electrons. The smallest absolute Gasteiger partial charge is 0.244 e. The zero-order valence-corrected chi connectivity index (χ0v) is 15.5. The standard InChI is InChI=1S/C15H22BrN3O3S/c1-17-6-8-18(9-7-17)13-10-19(11-14(13)20)23(21,22)15-5-3-2-4-12(15)16/h2-5,13-14,20H,6-11H2,1H3/t13?,14-/m0/s1. The number of β-amino-alcohol motifs (C(OH)–C–C–N with tert-alkyl or cyclic N) is 1. The molecular formula is C15H22BrN3O3S. The number of nitrogens with zero attached hydrogens (tertiary/aromatic N) is 3. The number of aliphatic hydroxyl groups is 1. The number of hydrogen-bond donors (Lipinski definition) is 1. The highest BCUT2D eigenvalue weighted by molar-refractivity contribution is 9.10. The number of benzene rings is 1. The average Bonchev–Trinajstić information content (AvgIpc) is 2.91. The molecule has 128 valence electrons. The fraction of sp³-hybridized carbons (Fsp3) is 0.600. The summed E-state index contributed by atoms with van der Waals surface area (Å²) in [5.41, 5.74) is 0. The van der Waals surface area contributed by atoms with Crippen LogP contribution in [0.15, 0.2) is 33.6 Å². The first-order chi connectivity index (χ1) is 10.9. The zero-order valence-electron chi connectivity index (χ0n) is 13.1. The van der Waals surface area contributed by atoms with Gasteiger partial charge in [0.2, 0.25) is 10.0 Å². The van der Waals surface area contributed by atoms with Crippen molar-refractivity contribution in [2.75, 3.05) is 46.3 Å². The molecule has 2 aliphatic rings. The molecule has 1 N–H and O–H groups in total. The second kappa shape index (κ2) is 6.78. The van der Waals surface area contributed by atoms with Gasteiger partial charge in [-0.2, -0.15) is 4.31 Å². The van der Waals surface area contributed by atoms with E-state index in [1.165, 1.54) is 4.31 Å². The number of halogens is 1. The van der Waals surface area contributed by atoms with Crippen LogP contribution >= 0.6 is 15.9 Å². The minimum atomic E-state index is -3.60. The topological polar surface area (TPSA) is 64.1 Å². The lowest BCUT2D eigenvalue weighted by Gasteiger charge is -2.37. The minimum Gasteiger partial charge on any atom is -0.390 e. The molecule has 0 aromatic heterocycles. The molecule has 1 unspecified atom stereocenters. The molecule has 3 rings (SSSR count). The Hall–Kier alpha value is -0.510. The van der Waals surface area contributed by atoms with Gasteiger partial charge >= 0.3 is 0 Å². The average molecular weight is 404 g/mol. The third kappa shape index (κ3) is 3.47. The first kappa shape index (κ1) is 17.3. The Morgan fingerprint density at radius 1 is 1.13 bits per heavy atom. The van der Waals surface area contributed by atoms with Crippen LogP contribution in [0.1, 0.15) is 0 Å². The molecule has 2 atom stereocenters. The van der Waals surface area contributed by atoms with Crippen molar-refractivity contribution >= 4 is 26.0 Å². The second-order valence-corrected chi connectivity index (χ2v) is 8.99. The third-order valence-corrected chi connectivity index (χ3v) is 7.53. The van der Waals surface area contributed by atoms with E-state index in [1.54, 1.807) is 24.3 Å². The SMILES string of the molecule is CN1CCN(C2CN(S(=O)(=O)c3ccccc3Br)C[C@@H]2O)CC1. The first-order valence-corrected chi connectivity index (χ1v) is 9.98. The van der Waals surface area contributed by atoms with E-state index in [1.807, 2.05) is 0 Å². The van der Waals surface area contributed by atoms with Crippen LogP contribution in [0.25, 0.3) is 0 Å². The number of piperazine rings is 1. The van der Waals surface area contributed by atoms with Gasteiger partial charge in [0, 0.05) is 43.7 Å². The van der Waals surface area contributed by atoms with Crippen LogP contribution in [-0.4, -0.2) is 86.1 Å². The van der Waals surface area contributed by atoms with Crippen molar-refractivity contribution in [2.45, 2.75) is 17.0 Å². The van der Waals surface area contributed by atoms with E-state index in [0.29, 0.717) is 11.0 Å². The summed E-state index contributed by atoms with van der Waals surface area (Å²) < 4.78 is 27.6. The number of aliphatic hydroxyl groups excluding tert-OH is 1. The monoisotopic (exact) mass is 403 g/mol. The lowest BCUT2D eigenvalue weighted by molar-refractivity contribution is 0.0512. The van der Waals surface area contributed by atoms with Crippen LogP contribution in [0.2, 0.25) is 0 Å². The zero-order chi connectivity index (χ0) is 16.6. The second-order valence-electron chi connectivity index (χ2n) is 6.23. The fourth-order valence-electron chi connectivity index (χ4n) is 3.24. The molecule has 1 aromatic carbocycles. The lowest BCUT2D eigenvalue weighted by atomic mass is 10.1. The van der Waals surface area contributed by atoms with E-state index < -0.39 is 16.1 Å². The minimum absolute atomic E-state index is 0.124. The van der Waals surface area contributed by atoms with Gasteiger partial charge < -0.3 is 10.0 Å². The van der Waals surface area contributed by atoms with Crippen LogP contribution in [0.5, 0.6) is 0 Å². The van der Waals surface area contributed by atoms with E-state index in [-0.39, 0.29) is 17.5 Å². The molecule has 8 heteroatoms. The maximum Gasteiger partial charge on any atom is 0.244 e. The van der Waals surface area contributed by atoms with Crippen LogP contribution in [0.3, 0.4) is 0 Å². The number of sulfonamides is 1. The largest absolute Gasteiger partial charge is 0.390 e. The van der Waals surface area contributed by atoms with Gasteiger partial charge in [-0.05, 0) is 35.1 Å². The van der Waals surface area contributed by atoms with Crippen LogP contribution in [0, 0.1) is 0 Å². The number of hydrogen-bond acceptors (Lipinski definition) is 5. The number of rotatable bonds is 3. The maximum atomic E-state index is 12.8. The highest BCUT2D eigenvalue weighted by atomic mass is 79.9. The summed E-state index contributed by atoms with van der Waals surface area (Å²) in [6.07, 6.45) is -0.643. The molecule has 0 aliphatic carbocycles. The fourth-order valence-corrected chi connectivity index (χ4v) is 5.68. The molecule has 0 amide bonds. The Morgan fingerprint density at radius 3 is 2.43 bits per heavy atom. The highest BCUT2D eigenvalue weighted by Crippen LogP contribution is 2.28. The van der Waals surface area contributed by atoms with Crippen molar-refractivity contribution in [3.63, 3.8) is 0 Å². The summed E-state index contributed by atoms with van der Waals surface area (Å²) in [5.74, 6) is 0. The maximum absolute atomic E-state index is 12.8. The van der Waals surface area contributed by atoms with Crippen LogP contribution in [0.4, 0.5) is 0 Å². The van der Waals surface area contributed by atoms with Crippen molar-refractivity contribution in [2.24, 2.45) is 0 Å². The van der Waals surface area contributed by atoms with Gasteiger partial charge in [-0.3, -0.25) is 4.90 Å². The predicted molar refractivity (Wildman–Crippen MR) is 91.8 cm³/mol. The van der Waals surface area contributed by atoms with Gasteiger partial charge in [0.25, 0.3) is 0 Å². The highest BCUT2D eigenvalue weighted by Gasteiger charge is 2.42. The lowest BCUT2D eigenvalue weighted by Crippen LogP contribution is -2.52. The molecular weight excluding hydrogens is 382 g/mol. The van der Waals surface area contributed by atoms with Crippen molar-refractivity contribution in [1.82, 2.24) is 14.1 Å². The molecule has 23 heavy (non-hydrogen) atoms. The summed E-state index contributed by atoms with van der Waals surface area (Å²) in [5, 5.41) is 10.4.